The number of halogens is 2. The molecule has 0 aliphatic carbocycles. The molecule has 0 saturated heterocycles. The highest BCUT2D eigenvalue weighted by molar-refractivity contribution is 7.89. The Labute approximate surface area is 135 Å². The first-order chi connectivity index (χ1) is 9.82. The van der Waals surface area contributed by atoms with Gasteiger partial charge >= 0.3 is 0 Å². The molecular formula is C15H15Cl2NO2S. The Balaban J connectivity index is 2.29. The van der Waals surface area contributed by atoms with Gasteiger partial charge in [0, 0.05) is 13.6 Å². The maximum absolute atomic E-state index is 12.6. The van der Waals surface area contributed by atoms with Gasteiger partial charge in [0.2, 0.25) is 10.0 Å². The molecule has 0 unspecified atom stereocenters. The van der Waals surface area contributed by atoms with Crippen LogP contribution in [0.3, 0.4) is 0 Å². The molecule has 0 heterocycles. The van der Waals surface area contributed by atoms with Crippen LogP contribution in [0.5, 0.6) is 0 Å². The van der Waals surface area contributed by atoms with Gasteiger partial charge in [0.15, 0.2) is 0 Å². The Bertz CT molecular complexity index is 760. The Kier molecular flexibility index (Phi) is 4.94. The minimum atomic E-state index is -3.53. The third-order valence-corrected chi connectivity index (χ3v) is 5.87. The third-order valence-electron chi connectivity index (χ3n) is 3.17. The number of hydrogen-bond donors (Lipinski definition) is 0. The molecule has 2 aromatic rings. The molecule has 0 aliphatic heterocycles. The topological polar surface area (TPSA) is 37.4 Å². The second-order valence-corrected chi connectivity index (χ2v) is 7.60. The lowest BCUT2D eigenvalue weighted by molar-refractivity contribution is 0.466. The van der Waals surface area contributed by atoms with Crippen LogP contribution in [0.4, 0.5) is 0 Å². The normalized spacial score (nSPS) is 11.9. The summed E-state index contributed by atoms with van der Waals surface area (Å²) < 4.78 is 26.5. The lowest BCUT2D eigenvalue weighted by atomic mass is 10.2. The van der Waals surface area contributed by atoms with E-state index in [2.05, 4.69) is 0 Å². The molecule has 2 rings (SSSR count). The highest BCUT2D eigenvalue weighted by Gasteiger charge is 2.22. The zero-order valence-electron chi connectivity index (χ0n) is 11.7. The van der Waals surface area contributed by atoms with Crippen LogP contribution in [0.25, 0.3) is 0 Å². The minimum Gasteiger partial charge on any atom is -0.207 e. The Hall–Kier alpha value is -1.07. The van der Waals surface area contributed by atoms with E-state index in [9.17, 15) is 8.42 Å². The molecule has 21 heavy (non-hydrogen) atoms. The van der Waals surface area contributed by atoms with Crippen LogP contribution in [0, 0.1) is 6.92 Å². The van der Waals surface area contributed by atoms with Crippen molar-refractivity contribution < 1.29 is 8.42 Å². The van der Waals surface area contributed by atoms with Gasteiger partial charge in [0.1, 0.15) is 0 Å². The summed E-state index contributed by atoms with van der Waals surface area (Å²) in [5, 5.41) is 0.862. The molecule has 0 fully saturated rings. The Morgan fingerprint density at radius 1 is 1.05 bits per heavy atom. The van der Waals surface area contributed by atoms with E-state index in [-0.39, 0.29) is 6.54 Å². The average Bonchev–Trinajstić information content (AvgIpc) is 2.43. The van der Waals surface area contributed by atoms with Gasteiger partial charge in [-0.3, -0.25) is 0 Å². The number of nitrogens with zero attached hydrogens (tertiary/aromatic N) is 1. The smallest absolute Gasteiger partial charge is 0.207 e. The van der Waals surface area contributed by atoms with Crippen molar-refractivity contribution in [2.24, 2.45) is 0 Å². The van der Waals surface area contributed by atoms with Crippen molar-refractivity contribution in [3.8, 4) is 0 Å². The maximum Gasteiger partial charge on any atom is 0.243 e. The molecule has 3 nitrogen and oxygen atoms in total. The van der Waals surface area contributed by atoms with Gasteiger partial charge < -0.3 is 0 Å². The predicted molar refractivity (Wildman–Crippen MR) is 86.3 cm³/mol. The Morgan fingerprint density at radius 2 is 1.71 bits per heavy atom. The van der Waals surface area contributed by atoms with Crippen molar-refractivity contribution >= 4 is 33.2 Å². The largest absolute Gasteiger partial charge is 0.243 e. The highest BCUT2D eigenvalue weighted by atomic mass is 35.5. The molecule has 0 N–H and O–H groups in total. The third kappa shape index (κ3) is 3.58. The van der Waals surface area contributed by atoms with Crippen LogP contribution in [0.1, 0.15) is 11.1 Å². The number of aryl methyl sites for hydroxylation is 1. The van der Waals surface area contributed by atoms with E-state index < -0.39 is 10.0 Å². The van der Waals surface area contributed by atoms with Gasteiger partial charge in [-0.15, -0.1) is 0 Å². The van der Waals surface area contributed by atoms with E-state index in [4.69, 9.17) is 23.2 Å². The fourth-order valence-corrected chi connectivity index (χ4v) is 3.69. The second-order valence-electron chi connectivity index (χ2n) is 4.78. The first-order valence-corrected chi connectivity index (χ1v) is 8.48. The van der Waals surface area contributed by atoms with Gasteiger partial charge in [-0.05, 0) is 36.2 Å². The van der Waals surface area contributed by atoms with Gasteiger partial charge in [0.25, 0.3) is 0 Å². The second kappa shape index (κ2) is 6.36. The van der Waals surface area contributed by atoms with Crippen LogP contribution in [0.15, 0.2) is 47.4 Å². The first-order valence-electron chi connectivity index (χ1n) is 6.28. The maximum atomic E-state index is 12.6. The quantitative estimate of drug-likeness (QED) is 0.837. The van der Waals surface area contributed by atoms with Crippen molar-refractivity contribution in [3.05, 3.63) is 63.6 Å². The lowest BCUT2D eigenvalue weighted by Gasteiger charge is -2.18. The number of rotatable bonds is 4. The van der Waals surface area contributed by atoms with Gasteiger partial charge in [-0.25, -0.2) is 8.42 Å². The Morgan fingerprint density at radius 3 is 2.33 bits per heavy atom. The zero-order valence-corrected chi connectivity index (χ0v) is 14.0. The molecule has 6 heteroatoms. The molecule has 0 radical (unpaired) electrons. The molecular weight excluding hydrogens is 329 g/mol. The van der Waals surface area contributed by atoms with E-state index in [0.717, 1.165) is 11.1 Å². The van der Waals surface area contributed by atoms with Gasteiger partial charge in [-0.2, -0.15) is 4.31 Å². The van der Waals surface area contributed by atoms with Crippen molar-refractivity contribution in [1.29, 1.82) is 0 Å². The molecule has 0 amide bonds. The van der Waals surface area contributed by atoms with Crippen molar-refractivity contribution in [3.63, 3.8) is 0 Å². The molecule has 0 saturated carbocycles. The summed E-state index contributed by atoms with van der Waals surface area (Å²) in [5.41, 5.74) is 1.50. The standard InChI is InChI=1S/C15H15Cl2NO2S/c1-11-5-3-4-6-15(11)21(19,20)18(2)10-12-7-8-13(16)14(17)9-12/h3-9H,10H2,1-2H3. The predicted octanol–water partition coefficient (Wildman–Crippen LogP) is 4.12. The van der Waals surface area contributed by atoms with Crippen molar-refractivity contribution in [1.82, 2.24) is 4.31 Å². The molecule has 0 spiro atoms. The van der Waals surface area contributed by atoms with Crippen LogP contribution in [-0.4, -0.2) is 19.8 Å². The summed E-state index contributed by atoms with van der Waals surface area (Å²) >= 11 is 11.8. The van der Waals surface area contributed by atoms with Gasteiger partial charge in [-0.1, -0.05) is 47.5 Å². The fraction of sp³-hybridized carbons (Fsp3) is 0.200. The minimum absolute atomic E-state index is 0.230. The molecule has 0 aliphatic rings. The van der Waals surface area contributed by atoms with Crippen LogP contribution in [0.2, 0.25) is 10.0 Å². The van der Waals surface area contributed by atoms with E-state index >= 15 is 0 Å². The van der Waals surface area contributed by atoms with E-state index in [1.165, 1.54) is 4.31 Å². The van der Waals surface area contributed by atoms with Gasteiger partial charge in [0.05, 0.1) is 14.9 Å². The fourth-order valence-electron chi connectivity index (χ4n) is 1.99. The summed E-state index contributed by atoms with van der Waals surface area (Å²) in [4.78, 5) is 0.313. The SMILES string of the molecule is Cc1ccccc1S(=O)(=O)N(C)Cc1ccc(Cl)c(Cl)c1. The van der Waals surface area contributed by atoms with E-state index in [1.54, 1.807) is 50.4 Å². The zero-order chi connectivity index (χ0) is 15.6. The van der Waals surface area contributed by atoms with Crippen LogP contribution in [-0.2, 0) is 16.6 Å². The molecule has 0 aromatic heterocycles. The van der Waals surface area contributed by atoms with E-state index in [0.29, 0.717) is 14.9 Å². The van der Waals surface area contributed by atoms with E-state index in [1.807, 2.05) is 6.07 Å². The molecule has 0 atom stereocenters. The van der Waals surface area contributed by atoms with Crippen molar-refractivity contribution in [2.75, 3.05) is 7.05 Å². The number of sulfonamides is 1. The number of hydrogen-bond acceptors (Lipinski definition) is 2. The highest BCUT2D eigenvalue weighted by Crippen LogP contribution is 2.25. The first kappa shape index (κ1) is 16.3. The van der Waals surface area contributed by atoms with Crippen LogP contribution < -0.4 is 0 Å². The molecule has 112 valence electrons. The summed E-state index contributed by atoms with van der Waals surface area (Å²) in [6, 6.07) is 12.0. The summed E-state index contributed by atoms with van der Waals surface area (Å²) in [5.74, 6) is 0. The number of benzene rings is 2. The molecule has 0 bridgehead atoms. The monoisotopic (exact) mass is 343 g/mol. The lowest BCUT2D eigenvalue weighted by Crippen LogP contribution is -2.27. The summed E-state index contributed by atoms with van der Waals surface area (Å²) in [6.07, 6.45) is 0. The molecule has 2 aromatic carbocycles. The summed E-state index contributed by atoms with van der Waals surface area (Å²) in [7, 11) is -1.99. The van der Waals surface area contributed by atoms with Crippen LogP contribution >= 0.6 is 23.2 Å². The van der Waals surface area contributed by atoms with Crippen molar-refractivity contribution in [2.45, 2.75) is 18.4 Å². The average molecular weight is 344 g/mol. The summed E-state index contributed by atoms with van der Waals surface area (Å²) in [6.45, 7) is 2.01.